The number of piperazine rings is 1. The molecule has 0 spiro atoms. The van der Waals surface area contributed by atoms with Gasteiger partial charge in [0.15, 0.2) is 0 Å². The highest BCUT2D eigenvalue weighted by molar-refractivity contribution is 5.51. The molecule has 1 aliphatic heterocycles. The molecule has 1 fully saturated rings. The molecular weight excluding hydrogens is 226 g/mol. The highest BCUT2D eigenvalue weighted by atomic mass is 15.3. The van der Waals surface area contributed by atoms with Crippen molar-refractivity contribution in [2.24, 2.45) is 0 Å². The lowest BCUT2D eigenvalue weighted by Crippen LogP contribution is -2.58. The largest absolute Gasteiger partial charge is 0.370 e. The first kappa shape index (κ1) is 13.1. The fourth-order valence-electron chi connectivity index (χ4n) is 2.37. The number of hydrogen-bond acceptors (Lipinski definition) is 5. The van der Waals surface area contributed by atoms with Gasteiger partial charge in [-0.25, -0.2) is 9.97 Å². The SMILES string of the molecule is CCNc1cc(N2CCNCC2(C)C)nc(C)n1. The molecule has 1 aromatic heterocycles. The van der Waals surface area contributed by atoms with Crippen molar-refractivity contribution in [2.75, 3.05) is 36.4 Å². The number of aryl methyl sites for hydroxylation is 1. The molecule has 0 unspecified atom stereocenters. The molecule has 0 aliphatic carbocycles. The summed E-state index contributed by atoms with van der Waals surface area (Å²) in [6.45, 7) is 12.3. The minimum absolute atomic E-state index is 0.0858. The van der Waals surface area contributed by atoms with Crippen molar-refractivity contribution < 1.29 is 0 Å². The van der Waals surface area contributed by atoms with Crippen molar-refractivity contribution in [3.63, 3.8) is 0 Å². The molecule has 0 aromatic carbocycles. The lowest BCUT2D eigenvalue weighted by molar-refractivity contribution is 0.377. The quantitative estimate of drug-likeness (QED) is 0.848. The summed E-state index contributed by atoms with van der Waals surface area (Å²) < 4.78 is 0. The molecule has 100 valence electrons. The van der Waals surface area contributed by atoms with Crippen LogP contribution in [-0.4, -0.2) is 41.7 Å². The van der Waals surface area contributed by atoms with E-state index in [1.54, 1.807) is 0 Å². The van der Waals surface area contributed by atoms with Crippen LogP contribution in [0.15, 0.2) is 6.07 Å². The Balaban J connectivity index is 2.31. The van der Waals surface area contributed by atoms with Crippen LogP contribution in [0.4, 0.5) is 11.6 Å². The zero-order valence-electron chi connectivity index (χ0n) is 11.7. The molecule has 1 aliphatic rings. The maximum Gasteiger partial charge on any atom is 0.134 e. The van der Waals surface area contributed by atoms with Crippen molar-refractivity contribution in [1.29, 1.82) is 0 Å². The molecule has 5 heteroatoms. The molecule has 0 radical (unpaired) electrons. The lowest BCUT2D eigenvalue weighted by Gasteiger charge is -2.43. The van der Waals surface area contributed by atoms with E-state index in [-0.39, 0.29) is 5.54 Å². The predicted octanol–water partition coefficient (Wildman–Crippen LogP) is 1.41. The lowest BCUT2D eigenvalue weighted by atomic mass is 10.0. The maximum absolute atomic E-state index is 4.58. The van der Waals surface area contributed by atoms with Gasteiger partial charge in [-0.15, -0.1) is 0 Å². The van der Waals surface area contributed by atoms with E-state index in [1.165, 1.54) is 0 Å². The average molecular weight is 249 g/mol. The Kier molecular flexibility index (Phi) is 3.71. The monoisotopic (exact) mass is 249 g/mol. The van der Waals surface area contributed by atoms with Gasteiger partial charge in [0.2, 0.25) is 0 Å². The summed E-state index contributed by atoms with van der Waals surface area (Å²) in [4.78, 5) is 11.3. The zero-order valence-corrected chi connectivity index (χ0v) is 11.7. The second kappa shape index (κ2) is 5.10. The summed E-state index contributed by atoms with van der Waals surface area (Å²) in [7, 11) is 0. The summed E-state index contributed by atoms with van der Waals surface area (Å²) in [5.74, 6) is 2.75. The van der Waals surface area contributed by atoms with Crippen molar-refractivity contribution >= 4 is 11.6 Å². The van der Waals surface area contributed by atoms with Gasteiger partial charge in [-0.1, -0.05) is 0 Å². The Morgan fingerprint density at radius 1 is 1.44 bits per heavy atom. The topological polar surface area (TPSA) is 53.1 Å². The van der Waals surface area contributed by atoms with Gasteiger partial charge in [0.05, 0.1) is 0 Å². The van der Waals surface area contributed by atoms with Crippen molar-refractivity contribution in [1.82, 2.24) is 15.3 Å². The normalized spacial score (nSPS) is 18.8. The van der Waals surface area contributed by atoms with E-state index in [9.17, 15) is 0 Å². The second-order valence-corrected chi connectivity index (χ2v) is 5.33. The van der Waals surface area contributed by atoms with Crippen LogP contribution in [0.5, 0.6) is 0 Å². The van der Waals surface area contributed by atoms with Gasteiger partial charge in [0.1, 0.15) is 17.5 Å². The van der Waals surface area contributed by atoms with E-state index in [0.717, 1.165) is 43.6 Å². The Hall–Kier alpha value is -1.36. The molecule has 2 N–H and O–H groups in total. The number of nitrogens with one attached hydrogen (secondary N) is 2. The van der Waals surface area contributed by atoms with Gasteiger partial charge >= 0.3 is 0 Å². The van der Waals surface area contributed by atoms with Gasteiger partial charge in [-0.05, 0) is 27.7 Å². The van der Waals surface area contributed by atoms with Crippen LogP contribution < -0.4 is 15.5 Å². The van der Waals surface area contributed by atoms with Crippen LogP contribution in [-0.2, 0) is 0 Å². The molecule has 2 rings (SSSR count). The van der Waals surface area contributed by atoms with Gasteiger partial charge < -0.3 is 15.5 Å². The number of anilines is 2. The first-order valence-electron chi connectivity index (χ1n) is 6.61. The Bertz CT molecular complexity index is 416. The number of nitrogens with zero attached hydrogens (tertiary/aromatic N) is 3. The van der Waals surface area contributed by atoms with E-state index in [1.807, 2.05) is 13.0 Å². The second-order valence-electron chi connectivity index (χ2n) is 5.33. The molecule has 1 aromatic rings. The first-order valence-corrected chi connectivity index (χ1v) is 6.61. The number of aromatic nitrogens is 2. The molecule has 2 heterocycles. The van der Waals surface area contributed by atoms with Gasteiger partial charge in [0, 0.05) is 37.8 Å². The Morgan fingerprint density at radius 3 is 2.89 bits per heavy atom. The van der Waals surface area contributed by atoms with E-state index in [0.29, 0.717) is 0 Å². The highest BCUT2D eigenvalue weighted by Gasteiger charge is 2.30. The molecule has 0 bridgehead atoms. The van der Waals surface area contributed by atoms with E-state index < -0.39 is 0 Å². The molecule has 1 saturated heterocycles. The van der Waals surface area contributed by atoms with Crippen molar-refractivity contribution in [2.45, 2.75) is 33.2 Å². The maximum atomic E-state index is 4.58. The van der Waals surface area contributed by atoms with Crippen LogP contribution in [0.3, 0.4) is 0 Å². The van der Waals surface area contributed by atoms with Crippen LogP contribution in [0.25, 0.3) is 0 Å². The summed E-state index contributed by atoms with van der Waals surface area (Å²) in [6, 6.07) is 2.05. The first-order chi connectivity index (χ1) is 8.53. The molecule has 0 saturated carbocycles. The molecule has 0 amide bonds. The third-order valence-corrected chi connectivity index (χ3v) is 3.26. The smallest absolute Gasteiger partial charge is 0.134 e. The van der Waals surface area contributed by atoms with Crippen LogP contribution >= 0.6 is 0 Å². The van der Waals surface area contributed by atoms with Crippen LogP contribution in [0.2, 0.25) is 0 Å². The van der Waals surface area contributed by atoms with Crippen molar-refractivity contribution in [3.8, 4) is 0 Å². The third kappa shape index (κ3) is 2.72. The van der Waals surface area contributed by atoms with Gasteiger partial charge in [-0.2, -0.15) is 0 Å². The summed E-state index contributed by atoms with van der Waals surface area (Å²) in [6.07, 6.45) is 0. The van der Waals surface area contributed by atoms with E-state index >= 15 is 0 Å². The van der Waals surface area contributed by atoms with Crippen LogP contribution in [0.1, 0.15) is 26.6 Å². The minimum atomic E-state index is 0.0858. The predicted molar refractivity (Wildman–Crippen MR) is 75.2 cm³/mol. The Labute approximate surface area is 109 Å². The summed E-state index contributed by atoms with van der Waals surface area (Å²) >= 11 is 0. The highest BCUT2D eigenvalue weighted by Crippen LogP contribution is 2.25. The van der Waals surface area contributed by atoms with Crippen molar-refractivity contribution in [3.05, 3.63) is 11.9 Å². The fourth-order valence-corrected chi connectivity index (χ4v) is 2.37. The molecule has 5 nitrogen and oxygen atoms in total. The van der Waals surface area contributed by atoms with E-state index in [4.69, 9.17) is 0 Å². The number of hydrogen-bond donors (Lipinski definition) is 2. The Morgan fingerprint density at radius 2 is 2.22 bits per heavy atom. The van der Waals surface area contributed by atoms with E-state index in [2.05, 4.69) is 46.3 Å². The summed E-state index contributed by atoms with van der Waals surface area (Å²) in [5, 5.41) is 6.69. The summed E-state index contributed by atoms with van der Waals surface area (Å²) in [5.41, 5.74) is 0.0858. The minimum Gasteiger partial charge on any atom is -0.370 e. The molecule has 18 heavy (non-hydrogen) atoms. The molecule has 0 atom stereocenters. The van der Waals surface area contributed by atoms with Gasteiger partial charge in [-0.3, -0.25) is 0 Å². The van der Waals surface area contributed by atoms with Gasteiger partial charge in [0.25, 0.3) is 0 Å². The fraction of sp³-hybridized carbons (Fsp3) is 0.692. The average Bonchev–Trinajstić information content (AvgIpc) is 2.27. The standard InChI is InChI=1S/C13H23N5/c1-5-15-11-8-12(17-10(2)16-11)18-7-6-14-9-13(18,3)4/h8,14H,5-7,9H2,1-4H3,(H,15,16,17). The third-order valence-electron chi connectivity index (χ3n) is 3.26. The number of rotatable bonds is 3. The molecular formula is C13H23N5. The van der Waals surface area contributed by atoms with Crippen LogP contribution in [0, 0.1) is 6.92 Å². The zero-order chi connectivity index (χ0) is 13.2.